The van der Waals surface area contributed by atoms with E-state index in [1.807, 2.05) is 0 Å². The lowest BCUT2D eigenvalue weighted by Gasteiger charge is -2.36. The number of nitrogens with zero attached hydrogens (tertiary/aromatic N) is 3. The van der Waals surface area contributed by atoms with E-state index < -0.39 is 0 Å². The molecule has 34 heavy (non-hydrogen) atoms. The van der Waals surface area contributed by atoms with Crippen LogP contribution in [0.4, 0.5) is 9.93 Å². The van der Waals surface area contributed by atoms with Crippen molar-refractivity contribution in [3.8, 4) is 11.5 Å². The number of anilines is 1. The van der Waals surface area contributed by atoms with Gasteiger partial charge in [-0.15, -0.1) is 11.3 Å². The van der Waals surface area contributed by atoms with Gasteiger partial charge in [-0.25, -0.2) is 9.78 Å². The van der Waals surface area contributed by atoms with Crippen molar-refractivity contribution in [3.05, 3.63) is 34.3 Å². The fourth-order valence-electron chi connectivity index (χ4n) is 4.46. The minimum absolute atomic E-state index is 0.0309. The van der Waals surface area contributed by atoms with Crippen LogP contribution in [0.1, 0.15) is 46.6 Å². The number of hydrogen-bond donors (Lipinski definition) is 1. The van der Waals surface area contributed by atoms with Crippen LogP contribution in [-0.2, 0) is 16.0 Å². The van der Waals surface area contributed by atoms with E-state index in [0.29, 0.717) is 55.0 Å². The number of carbonyl (C=O) groups is 3. The van der Waals surface area contributed by atoms with Crippen molar-refractivity contribution < 1.29 is 28.6 Å². The molecule has 2 aromatic rings. The number of thiazole rings is 1. The molecule has 1 aromatic heterocycles. The Morgan fingerprint density at radius 1 is 1.15 bits per heavy atom. The fraction of sp³-hybridized carbons (Fsp3) is 0.478. The average molecular weight is 487 g/mol. The molecule has 180 valence electrons. The van der Waals surface area contributed by atoms with Crippen LogP contribution in [0.3, 0.4) is 0 Å². The normalized spacial score (nSPS) is 18.9. The molecule has 3 amide bonds. The van der Waals surface area contributed by atoms with Gasteiger partial charge in [0.05, 0.1) is 18.2 Å². The maximum absolute atomic E-state index is 13.3. The van der Waals surface area contributed by atoms with Crippen LogP contribution in [0.15, 0.2) is 18.2 Å². The monoisotopic (exact) mass is 486 g/mol. The van der Waals surface area contributed by atoms with Crippen LogP contribution in [0.5, 0.6) is 11.5 Å². The van der Waals surface area contributed by atoms with Gasteiger partial charge >= 0.3 is 6.09 Å². The highest BCUT2D eigenvalue weighted by molar-refractivity contribution is 7.16. The van der Waals surface area contributed by atoms with E-state index >= 15 is 0 Å². The van der Waals surface area contributed by atoms with Gasteiger partial charge in [0.15, 0.2) is 16.6 Å². The Bertz CT molecular complexity index is 1110. The first-order chi connectivity index (χ1) is 16.5. The quantitative estimate of drug-likeness (QED) is 0.708. The molecule has 1 aromatic carbocycles. The van der Waals surface area contributed by atoms with Gasteiger partial charge in [-0.1, -0.05) is 0 Å². The number of amides is 3. The topological polar surface area (TPSA) is 110 Å². The first-order valence-electron chi connectivity index (χ1n) is 11.4. The maximum Gasteiger partial charge on any atom is 0.409 e. The summed E-state index contributed by atoms with van der Waals surface area (Å²) in [5.74, 6) is 0.571. The third-order valence-electron chi connectivity index (χ3n) is 6.22. The number of benzene rings is 1. The minimum atomic E-state index is -0.336. The van der Waals surface area contributed by atoms with Crippen molar-refractivity contribution in [1.82, 2.24) is 14.8 Å². The first-order valence-corrected chi connectivity index (χ1v) is 12.3. The summed E-state index contributed by atoms with van der Waals surface area (Å²) in [5, 5.41) is 3.35. The number of rotatable bonds is 4. The van der Waals surface area contributed by atoms with Gasteiger partial charge in [0.1, 0.15) is 0 Å². The smallest absolute Gasteiger partial charge is 0.409 e. The number of fused-ring (bicyclic) bond motifs is 2. The Balaban J connectivity index is 1.25. The summed E-state index contributed by atoms with van der Waals surface area (Å²) >= 11 is 1.42. The zero-order valence-electron chi connectivity index (χ0n) is 18.9. The van der Waals surface area contributed by atoms with Crippen LogP contribution in [0.2, 0.25) is 0 Å². The zero-order chi connectivity index (χ0) is 23.7. The molecule has 0 spiro atoms. The molecule has 3 aliphatic rings. The summed E-state index contributed by atoms with van der Waals surface area (Å²) in [6.07, 6.45) is 2.12. The number of carbonyl (C=O) groups excluding carboxylic acids is 3. The SMILES string of the molecule is CCOC(=O)N1CCN(C(=O)[C@H]2CCCc3sc(NC(=O)c4ccc5c(c4)OCO5)nc32)CC1. The summed E-state index contributed by atoms with van der Waals surface area (Å²) in [5.41, 5.74) is 1.21. The summed E-state index contributed by atoms with van der Waals surface area (Å²) in [7, 11) is 0. The molecule has 1 fully saturated rings. The second kappa shape index (κ2) is 9.49. The van der Waals surface area contributed by atoms with E-state index in [1.54, 1.807) is 34.9 Å². The Hall–Kier alpha value is -3.34. The molecular formula is C23H26N4O6S. The second-order valence-electron chi connectivity index (χ2n) is 8.31. The third kappa shape index (κ3) is 4.39. The Morgan fingerprint density at radius 3 is 2.71 bits per heavy atom. The fourth-order valence-corrected chi connectivity index (χ4v) is 5.52. The molecule has 1 N–H and O–H groups in total. The van der Waals surface area contributed by atoms with Gasteiger partial charge < -0.3 is 24.0 Å². The standard InChI is InChI=1S/C23H26N4O6S/c1-2-31-23(30)27-10-8-26(9-11-27)21(29)15-4-3-5-18-19(15)24-22(34-18)25-20(28)14-6-7-16-17(12-14)33-13-32-16/h6-7,12,15H,2-5,8-11,13H2,1H3,(H,24,25,28)/t15-/m0/s1. The second-order valence-corrected chi connectivity index (χ2v) is 9.39. The Kier molecular flexibility index (Phi) is 6.27. The van der Waals surface area contributed by atoms with E-state index in [0.717, 1.165) is 29.8 Å². The number of nitrogens with one attached hydrogen (secondary N) is 1. The summed E-state index contributed by atoms with van der Waals surface area (Å²) in [6.45, 7) is 4.11. The molecule has 10 nitrogen and oxygen atoms in total. The van der Waals surface area contributed by atoms with Gasteiger partial charge in [-0.3, -0.25) is 14.9 Å². The lowest BCUT2D eigenvalue weighted by molar-refractivity contribution is -0.134. The van der Waals surface area contributed by atoms with Gasteiger partial charge in [-0.2, -0.15) is 0 Å². The van der Waals surface area contributed by atoms with Crippen LogP contribution >= 0.6 is 11.3 Å². The summed E-state index contributed by atoms with van der Waals surface area (Å²) in [6, 6.07) is 5.03. The minimum Gasteiger partial charge on any atom is -0.454 e. The van der Waals surface area contributed by atoms with E-state index in [1.165, 1.54) is 11.3 Å². The van der Waals surface area contributed by atoms with Crippen LogP contribution in [-0.4, -0.2) is 72.3 Å². The molecule has 2 aliphatic heterocycles. The summed E-state index contributed by atoms with van der Waals surface area (Å²) < 4.78 is 15.7. The maximum atomic E-state index is 13.3. The largest absolute Gasteiger partial charge is 0.454 e. The number of aromatic nitrogens is 1. The van der Waals surface area contributed by atoms with Crippen molar-refractivity contribution in [3.63, 3.8) is 0 Å². The Morgan fingerprint density at radius 2 is 1.91 bits per heavy atom. The van der Waals surface area contributed by atoms with Crippen LogP contribution in [0.25, 0.3) is 0 Å². The zero-order valence-corrected chi connectivity index (χ0v) is 19.7. The van der Waals surface area contributed by atoms with E-state index in [4.69, 9.17) is 14.2 Å². The molecule has 0 bridgehead atoms. The van der Waals surface area contributed by atoms with Crippen molar-refractivity contribution >= 4 is 34.4 Å². The van der Waals surface area contributed by atoms with E-state index in [9.17, 15) is 14.4 Å². The molecular weight excluding hydrogens is 460 g/mol. The molecule has 0 radical (unpaired) electrons. The molecule has 1 aliphatic carbocycles. The lowest BCUT2D eigenvalue weighted by atomic mass is 9.89. The highest BCUT2D eigenvalue weighted by Gasteiger charge is 2.35. The van der Waals surface area contributed by atoms with Gasteiger partial charge in [0.2, 0.25) is 12.7 Å². The molecule has 0 saturated carbocycles. The van der Waals surface area contributed by atoms with Crippen molar-refractivity contribution in [2.75, 3.05) is 44.9 Å². The highest BCUT2D eigenvalue weighted by Crippen LogP contribution is 2.38. The predicted octanol–water partition coefficient (Wildman–Crippen LogP) is 2.84. The van der Waals surface area contributed by atoms with Gasteiger partial charge in [0, 0.05) is 36.6 Å². The van der Waals surface area contributed by atoms with Gasteiger partial charge in [0.25, 0.3) is 5.91 Å². The first kappa shape index (κ1) is 22.5. The highest BCUT2D eigenvalue weighted by atomic mass is 32.1. The van der Waals surface area contributed by atoms with Crippen LogP contribution in [0, 0.1) is 0 Å². The molecule has 1 saturated heterocycles. The van der Waals surface area contributed by atoms with Crippen molar-refractivity contribution in [2.24, 2.45) is 0 Å². The van der Waals surface area contributed by atoms with Crippen molar-refractivity contribution in [2.45, 2.75) is 32.1 Å². The van der Waals surface area contributed by atoms with E-state index in [2.05, 4.69) is 10.3 Å². The molecule has 5 rings (SSSR count). The number of aryl methyl sites for hydroxylation is 1. The number of hydrogen-bond acceptors (Lipinski definition) is 8. The van der Waals surface area contributed by atoms with Crippen molar-refractivity contribution in [1.29, 1.82) is 0 Å². The average Bonchev–Trinajstić information content (AvgIpc) is 3.49. The molecule has 1 atom stereocenters. The Labute approximate surface area is 200 Å². The lowest BCUT2D eigenvalue weighted by Crippen LogP contribution is -2.52. The van der Waals surface area contributed by atoms with Crippen LogP contribution < -0.4 is 14.8 Å². The molecule has 11 heteroatoms. The summed E-state index contributed by atoms with van der Waals surface area (Å²) in [4.78, 5) is 47.1. The van der Waals surface area contributed by atoms with Gasteiger partial charge in [-0.05, 0) is 44.4 Å². The molecule has 3 heterocycles. The van der Waals surface area contributed by atoms with E-state index in [-0.39, 0.29) is 30.6 Å². The number of piperazine rings is 1. The number of ether oxygens (including phenoxy) is 3. The third-order valence-corrected chi connectivity index (χ3v) is 7.27. The molecule has 0 unspecified atom stereocenters. The predicted molar refractivity (Wildman–Crippen MR) is 123 cm³/mol.